The first-order valence-electron chi connectivity index (χ1n) is 6.86. The maximum Gasteiger partial charge on any atom is 0.220 e. The van der Waals surface area contributed by atoms with E-state index in [9.17, 15) is 4.79 Å². The van der Waals surface area contributed by atoms with Crippen molar-refractivity contribution in [3.8, 4) is 0 Å². The van der Waals surface area contributed by atoms with Crippen LogP contribution in [0, 0.1) is 17.8 Å². The van der Waals surface area contributed by atoms with Gasteiger partial charge in [-0.2, -0.15) is 0 Å². The van der Waals surface area contributed by atoms with E-state index in [4.69, 9.17) is 0 Å². The summed E-state index contributed by atoms with van der Waals surface area (Å²) in [6.45, 7) is 6.89. The molecule has 0 aromatic heterocycles. The van der Waals surface area contributed by atoms with E-state index < -0.39 is 0 Å². The number of carbonyl (C=O) groups excluding carboxylic acids is 1. The summed E-state index contributed by atoms with van der Waals surface area (Å²) in [5, 5.41) is 3.32. The molecule has 16 heavy (non-hydrogen) atoms. The van der Waals surface area contributed by atoms with Gasteiger partial charge < -0.3 is 5.32 Å². The lowest BCUT2D eigenvalue weighted by molar-refractivity contribution is -0.120. The van der Waals surface area contributed by atoms with Gasteiger partial charge in [0.25, 0.3) is 0 Å². The largest absolute Gasteiger partial charge is 0.350 e. The third kappa shape index (κ3) is 1.99. The molecule has 92 valence electrons. The molecule has 1 saturated heterocycles. The van der Waals surface area contributed by atoms with Crippen molar-refractivity contribution in [2.45, 2.75) is 64.8 Å². The smallest absolute Gasteiger partial charge is 0.220 e. The van der Waals surface area contributed by atoms with E-state index in [2.05, 4.69) is 26.1 Å². The molecule has 2 atom stereocenters. The zero-order valence-electron chi connectivity index (χ0n) is 10.9. The minimum absolute atomic E-state index is 0.166. The second-order valence-electron chi connectivity index (χ2n) is 6.18. The van der Waals surface area contributed by atoms with Crippen molar-refractivity contribution in [2.24, 2.45) is 17.8 Å². The summed E-state index contributed by atoms with van der Waals surface area (Å²) in [6.07, 6.45) is 7.11. The van der Waals surface area contributed by atoms with Crippen LogP contribution in [0.15, 0.2) is 0 Å². The van der Waals surface area contributed by atoms with E-state index >= 15 is 0 Å². The second kappa shape index (κ2) is 4.38. The summed E-state index contributed by atoms with van der Waals surface area (Å²) in [5.41, 5.74) is 0.166. The predicted octanol–water partition coefficient (Wildman–Crippen LogP) is 3.12. The molecule has 1 saturated carbocycles. The monoisotopic (exact) mass is 223 g/mol. The van der Waals surface area contributed by atoms with Crippen LogP contribution in [-0.2, 0) is 4.79 Å². The van der Waals surface area contributed by atoms with Gasteiger partial charge in [0, 0.05) is 12.0 Å². The van der Waals surface area contributed by atoms with Crippen molar-refractivity contribution < 1.29 is 4.79 Å². The molecule has 0 aromatic carbocycles. The Balaban J connectivity index is 2.17. The zero-order valence-corrected chi connectivity index (χ0v) is 10.9. The molecule has 2 rings (SSSR count). The van der Waals surface area contributed by atoms with E-state index in [-0.39, 0.29) is 5.54 Å². The third-order valence-electron chi connectivity index (χ3n) is 4.94. The fourth-order valence-electron chi connectivity index (χ4n) is 3.65. The van der Waals surface area contributed by atoms with Gasteiger partial charge in [0.15, 0.2) is 0 Å². The Bertz CT molecular complexity index is 266. The first-order valence-corrected chi connectivity index (χ1v) is 6.86. The maximum absolute atomic E-state index is 11.7. The number of rotatable bonds is 2. The molecule has 2 nitrogen and oxygen atoms in total. The summed E-state index contributed by atoms with van der Waals surface area (Å²) in [6, 6.07) is 0. The lowest BCUT2D eigenvalue weighted by Crippen LogP contribution is -2.49. The van der Waals surface area contributed by atoms with Crippen LogP contribution in [0.25, 0.3) is 0 Å². The molecule has 2 heteroatoms. The van der Waals surface area contributed by atoms with Crippen LogP contribution in [0.5, 0.6) is 0 Å². The standard InChI is InChI=1S/C14H25NO/c1-10(2)11(3)12-9-13(16)15-14(12)7-5-4-6-8-14/h10-12H,4-9H2,1-3H3,(H,15,16). The fourth-order valence-corrected chi connectivity index (χ4v) is 3.65. The van der Waals surface area contributed by atoms with Crippen LogP contribution >= 0.6 is 0 Å². The van der Waals surface area contributed by atoms with E-state index in [1.54, 1.807) is 0 Å². The molecular formula is C14H25NO. The molecule has 2 aliphatic rings. The Morgan fingerprint density at radius 2 is 1.81 bits per heavy atom. The van der Waals surface area contributed by atoms with Crippen LogP contribution in [0.2, 0.25) is 0 Å². The summed E-state index contributed by atoms with van der Waals surface area (Å²) in [4.78, 5) is 11.7. The van der Waals surface area contributed by atoms with Crippen molar-refractivity contribution in [1.82, 2.24) is 5.32 Å². The molecule has 1 amide bonds. The number of amides is 1. The molecule has 1 spiro atoms. The highest BCUT2D eigenvalue weighted by Crippen LogP contribution is 2.45. The van der Waals surface area contributed by atoms with Gasteiger partial charge in [-0.1, -0.05) is 40.0 Å². The van der Waals surface area contributed by atoms with Crippen molar-refractivity contribution in [3.63, 3.8) is 0 Å². The van der Waals surface area contributed by atoms with Gasteiger partial charge in [-0.15, -0.1) is 0 Å². The third-order valence-corrected chi connectivity index (χ3v) is 4.94. The molecule has 0 aromatic rings. The predicted molar refractivity (Wildman–Crippen MR) is 66.1 cm³/mol. The Kier molecular flexibility index (Phi) is 3.27. The average Bonchev–Trinajstić information content (AvgIpc) is 2.55. The first-order chi connectivity index (χ1) is 7.55. The van der Waals surface area contributed by atoms with Crippen LogP contribution in [0.3, 0.4) is 0 Å². The highest BCUT2D eigenvalue weighted by molar-refractivity contribution is 5.80. The molecule has 2 fully saturated rings. The summed E-state index contributed by atoms with van der Waals surface area (Å²) < 4.78 is 0. The minimum atomic E-state index is 0.166. The summed E-state index contributed by atoms with van der Waals surface area (Å²) in [5.74, 6) is 2.19. The Labute approximate surface area is 99.2 Å². The first kappa shape index (κ1) is 11.9. The van der Waals surface area contributed by atoms with Gasteiger partial charge in [0.1, 0.15) is 0 Å². The van der Waals surface area contributed by atoms with Crippen LogP contribution < -0.4 is 5.32 Å². The quantitative estimate of drug-likeness (QED) is 0.765. The van der Waals surface area contributed by atoms with Gasteiger partial charge in [0.05, 0.1) is 0 Å². The normalized spacial score (nSPS) is 30.8. The number of carbonyl (C=O) groups is 1. The van der Waals surface area contributed by atoms with E-state index in [1.807, 2.05) is 0 Å². The van der Waals surface area contributed by atoms with Crippen molar-refractivity contribution in [3.05, 3.63) is 0 Å². The Morgan fingerprint density at radius 1 is 1.19 bits per heavy atom. The SMILES string of the molecule is CC(C)C(C)C1CC(=O)NC12CCCCC2. The maximum atomic E-state index is 11.7. The molecule has 1 heterocycles. The molecule has 2 unspecified atom stereocenters. The topological polar surface area (TPSA) is 29.1 Å². The lowest BCUT2D eigenvalue weighted by atomic mass is 9.67. The molecule has 0 radical (unpaired) electrons. The van der Waals surface area contributed by atoms with Crippen molar-refractivity contribution in [1.29, 1.82) is 0 Å². The average molecular weight is 223 g/mol. The van der Waals surface area contributed by atoms with Crippen LogP contribution in [0.1, 0.15) is 59.3 Å². The van der Waals surface area contributed by atoms with E-state index in [0.717, 1.165) is 6.42 Å². The fraction of sp³-hybridized carbons (Fsp3) is 0.929. The second-order valence-corrected chi connectivity index (χ2v) is 6.18. The van der Waals surface area contributed by atoms with E-state index in [1.165, 1.54) is 32.1 Å². The molecular weight excluding hydrogens is 198 g/mol. The number of hydrogen-bond donors (Lipinski definition) is 1. The highest BCUT2D eigenvalue weighted by atomic mass is 16.2. The molecule has 1 N–H and O–H groups in total. The lowest BCUT2D eigenvalue weighted by Gasteiger charge is -2.42. The Hall–Kier alpha value is -0.530. The zero-order chi connectivity index (χ0) is 11.8. The molecule has 1 aliphatic carbocycles. The van der Waals surface area contributed by atoms with E-state index in [0.29, 0.717) is 23.7 Å². The Morgan fingerprint density at radius 3 is 2.38 bits per heavy atom. The highest BCUT2D eigenvalue weighted by Gasteiger charge is 2.49. The summed E-state index contributed by atoms with van der Waals surface area (Å²) in [7, 11) is 0. The van der Waals surface area contributed by atoms with Crippen molar-refractivity contribution in [2.75, 3.05) is 0 Å². The summed E-state index contributed by atoms with van der Waals surface area (Å²) >= 11 is 0. The molecule has 0 bridgehead atoms. The van der Waals surface area contributed by atoms with Gasteiger partial charge in [0.2, 0.25) is 5.91 Å². The van der Waals surface area contributed by atoms with Crippen molar-refractivity contribution >= 4 is 5.91 Å². The van der Waals surface area contributed by atoms with Gasteiger partial charge >= 0.3 is 0 Å². The van der Waals surface area contributed by atoms with Crippen LogP contribution in [-0.4, -0.2) is 11.4 Å². The van der Waals surface area contributed by atoms with Gasteiger partial charge in [-0.25, -0.2) is 0 Å². The number of hydrogen-bond acceptors (Lipinski definition) is 1. The number of nitrogens with one attached hydrogen (secondary N) is 1. The van der Waals surface area contributed by atoms with Crippen LogP contribution in [0.4, 0.5) is 0 Å². The van der Waals surface area contributed by atoms with Gasteiger partial charge in [-0.05, 0) is 30.6 Å². The minimum Gasteiger partial charge on any atom is -0.350 e. The van der Waals surface area contributed by atoms with Gasteiger partial charge in [-0.3, -0.25) is 4.79 Å². The molecule has 1 aliphatic heterocycles.